The quantitative estimate of drug-likeness (QED) is 0.205. The molecule has 0 aliphatic heterocycles. The highest BCUT2D eigenvalue weighted by atomic mass is 31.2. The monoisotopic (exact) mass is 582 g/mol. The summed E-state index contributed by atoms with van der Waals surface area (Å²) in [4.78, 5) is 21.6. The third-order valence-corrected chi connectivity index (χ3v) is 11.0. The Morgan fingerprint density at radius 2 is 1.12 bits per heavy atom. The molecular weight excluding hydrogens is 523 g/mol. The van der Waals surface area contributed by atoms with Crippen LogP contribution in [0, 0.1) is 5.92 Å². The molecule has 0 saturated heterocycles. The van der Waals surface area contributed by atoms with Crippen molar-refractivity contribution in [3.63, 3.8) is 0 Å². The third-order valence-electron chi connectivity index (χ3n) is 10.5. The van der Waals surface area contributed by atoms with Crippen LogP contribution in [0.15, 0.2) is 24.3 Å². The van der Waals surface area contributed by atoms with Crippen molar-refractivity contribution in [2.75, 3.05) is 0 Å². The average molecular weight is 583 g/mol. The fraction of sp³-hybridized carbons (Fsp3) is 0.676. The first kappa shape index (κ1) is 34.2. The molecule has 0 radical (unpaired) electrons. The lowest BCUT2D eigenvalue weighted by atomic mass is 9.61. The highest BCUT2D eigenvalue weighted by Crippen LogP contribution is 2.59. The van der Waals surface area contributed by atoms with Gasteiger partial charge < -0.3 is 9.79 Å². The summed E-state index contributed by atoms with van der Waals surface area (Å²) < 4.78 is 6.78. The van der Waals surface area contributed by atoms with Crippen LogP contribution in [0.25, 0.3) is 0 Å². The van der Waals surface area contributed by atoms with Gasteiger partial charge in [-0.25, -0.2) is 0 Å². The van der Waals surface area contributed by atoms with Crippen LogP contribution in [0.5, 0.6) is 0 Å². The van der Waals surface area contributed by atoms with Crippen LogP contribution >= 0.6 is 8.60 Å². The standard InChI is InChI=1S/C37H59O3P/c1-11-17-18-32(16-6)37(40-41(38)39)35-30(19-28(24(7)12-2)22-33(35)26(9)14-4)21-31-20-29(25(8)13-3)23-34(36(31)37)27(10)15-5/h19-20,22-27,32,38-39H,11-18,21H2,1-10H3. The Morgan fingerprint density at radius 1 is 0.683 bits per heavy atom. The van der Waals surface area contributed by atoms with E-state index in [0.29, 0.717) is 23.7 Å². The lowest BCUT2D eigenvalue weighted by Crippen LogP contribution is -2.44. The first-order chi connectivity index (χ1) is 19.5. The highest BCUT2D eigenvalue weighted by Gasteiger charge is 2.52. The lowest BCUT2D eigenvalue weighted by Gasteiger charge is -2.49. The van der Waals surface area contributed by atoms with E-state index >= 15 is 0 Å². The van der Waals surface area contributed by atoms with E-state index in [2.05, 4.69) is 93.5 Å². The SMILES string of the molecule is CCCCC(CC)C1(OP(O)O)c2c(cc(C(C)CC)cc2C(C)CC)Cc2cc(C(C)CC)cc(C(C)CC)c21. The maximum absolute atomic E-state index is 10.8. The van der Waals surface area contributed by atoms with Crippen LogP contribution in [-0.4, -0.2) is 9.79 Å². The van der Waals surface area contributed by atoms with Gasteiger partial charge in [-0.1, -0.05) is 106 Å². The summed E-state index contributed by atoms with van der Waals surface area (Å²) in [5.41, 5.74) is 9.74. The minimum atomic E-state index is -2.59. The normalized spacial score (nSPS) is 20.3. The summed E-state index contributed by atoms with van der Waals surface area (Å²) in [7, 11) is -2.59. The molecular formula is C37H59O3P. The van der Waals surface area contributed by atoms with Crippen molar-refractivity contribution in [1.82, 2.24) is 0 Å². The van der Waals surface area contributed by atoms with Gasteiger partial charge in [0.25, 0.3) is 0 Å². The van der Waals surface area contributed by atoms with Gasteiger partial charge in [-0.15, -0.1) is 0 Å². The van der Waals surface area contributed by atoms with Gasteiger partial charge in [0.15, 0.2) is 0 Å². The van der Waals surface area contributed by atoms with Crippen molar-refractivity contribution < 1.29 is 14.3 Å². The molecule has 3 nitrogen and oxygen atoms in total. The van der Waals surface area contributed by atoms with Gasteiger partial charge in [-0.2, -0.15) is 0 Å². The number of fused-ring (bicyclic) bond motifs is 2. The molecule has 5 unspecified atom stereocenters. The number of benzene rings is 2. The Kier molecular flexibility index (Phi) is 12.5. The number of unbranched alkanes of at least 4 members (excludes halogenated alkanes) is 1. The molecule has 0 heterocycles. The second-order valence-corrected chi connectivity index (χ2v) is 13.7. The van der Waals surface area contributed by atoms with Gasteiger partial charge in [0.2, 0.25) is 0 Å². The zero-order valence-corrected chi connectivity index (χ0v) is 28.7. The smallest absolute Gasteiger partial charge is 0.328 e. The fourth-order valence-electron chi connectivity index (χ4n) is 7.13. The lowest BCUT2D eigenvalue weighted by molar-refractivity contribution is 0.0185. The molecule has 5 atom stereocenters. The van der Waals surface area contributed by atoms with E-state index < -0.39 is 14.2 Å². The maximum atomic E-state index is 10.8. The molecule has 2 aromatic carbocycles. The van der Waals surface area contributed by atoms with Crippen molar-refractivity contribution in [3.05, 3.63) is 68.8 Å². The zero-order chi connectivity index (χ0) is 30.5. The second kappa shape index (κ2) is 15.0. The van der Waals surface area contributed by atoms with E-state index in [9.17, 15) is 9.79 Å². The molecule has 230 valence electrons. The summed E-state index contributed by atoms with van der Waals surface area (Å²) >= 11 is 0. The van der Waals surface area contributed by atoms with E-state index in [1.165, 1.54) is 44.5 Å². The van der Waals surface area contributed by atoms with E-state index in [0.717, 1.165) is 57.8 Å². The summed E-state index contributed by atoms with van der Waals surface area (Å²) in [6, 6.07) is 9.78. The van der Waals surface area contributed by atoms with E-state index in [1.54, 1.807) is 0 Å². The molecule has 4 heteroatoms. The number of hydrogen-bond donors (Lipinski definition) is 2. The second-order valence-electron chi connectivity index (χ2n) is 13.0. The van der Waals surface area contributed by atoms with Crippen molar-refractivity contribution in [1.29, 1.82) is 0 Å². The van der Waals surface area contributed by atoms with Crippen molar-refractivity contribution in [2.24, 2.45) is 5.92 Å². The van der Waals surface area contributed by atoms with Crippen LogP contribution in [0.3, 0.4) is 0 Å². The van der Waals surface area contributed by atoms with Gasteiger partial charge in [0, 0.05) is 0 Å². The molecule has 0 spiro atoms. The summed E-state index contributed by atoms with van der Waals surface area (Å²) in [5.74, 6) is 1.76. The van der Waals surface area contributed by atoms with Crippen LogP contribution in [0.4, 0.5) is 0 Å². The van der Waals surface area contributed by atoms with Crippen molar-refractivity contribution in [3.8, 4) is 0 Å². The van der Waals surface area contributed by atoms with Crippen LogP contribution in [-0.2, 0) is 16.5 Å². The van der Waals surface area contributed by atoms with Gasteiger partial charge in [0.05, 0.1) is 0 Å². The van der Waals surface area contributed by atoms with Crippen LogP contribution in [0.2, 0.25) is 0 Å². The van der Waals surface area contributed by atoms with Crippen LogP contribution in [0.1, 0.15) is 189 Å². The van der Waals surface area contributed by atoms with Gasteiger partial charge >= 0.3 is 8.60 Å². The Bertz CT molecular complexity index is 1070. The van der Waals surface area contributed by atoms with Gasteiger partial charge in [-0.05, 0) is 119 Å². The molecule has 0 amide bonds. The summed E-state index contributed by atoms with van der Waals surface area (Å²) in [5, 5.41) is 0. The molecule has 1 aliphatic rings. The van der Waals surface area contributed by atoms with Gasteiger partial charge in [0.1, 0.15) is 5.60 Å². The third kappa shape index (κ3) is 6.80. The van der Waals surface area contributed by atoms with Crippen molar-refractivity contribution in [2.45, 2.75) is 156 Å². The van der Waals surface area contributed by atoms with Gasteiger partial charge in [-0.3, -0.25) is 4.52 Å². The number of rotatable bonds is 15. The molecule has 0 aromatic heterocycles. The number of hydrogen-bond acceptors (Lipinski definition) is 3. The average Bonchev–Trinajstić information content (AvgIpc) is 2.97. The molecule has 0 fully saturated rings. The summed E-state index contributed by atoms with van der Waals surface area (Å²) in [6.45, 7) is 23.0. The molecule has 3 rings (SSSR count). The molecule has 1 aliphatic carbocycles. The predicted molar refractivity (Wildman–Crippen MR) is 177 cm³/mol. The predicted octanol–water partition coefficient (Wildman–Crippen LogP) is 11.3. The Hall–Kier alpha value is -1.25. The zero-order valence-electron chi connectivity index (χ0n) is 27.8. The largest absolute Gasteiger partial charge is 0.328 e. The Labute approximate surface area is 253 Å². The van der Waals surface area contributed by atoms with E-state index in [1.807, 2.05) is 0 Å². The highest BCUT2D eigenvalue weighted by molar-refractivity contribution is 7.39. The Morgan fingerprint density at radius 3 is 1.46 bits per heavy atom. The van der Waals surface area contributed by atoms with Crippen LogP contribution < -0.4 is 0 Å². The molecule has 2 N–H and O–H groups in total. The molecule has 0 bridgehead atoms. The molecule has 41 heavy (non-hydrogen) atoms. The van der Waals surface area contributed by atoms with E-state index in [-0.39, 0.29) is 5.92 Å². The molecule has 2 aromatic rings. The van der Waals surface area contributed by atoms with Crippen molar-refractivity contribution >= 4 is 8.60 Å². The minimum absolute atomic E-state index is 0.138. The first-order valence-electron chi connectivity index (χ1n) is 16.7. The topological polar surface area (TPSA) is 49.7 Å². The first-order valence-corrected chi connectivity index (χ1v) is 17.9. The van der Waals surface area contributed by atoms with E-state index in [4.69, 9.17) is 4.52 Å². The fourth-order valence-corrected chi connectivity index (χ4v) is 7.71. The molecule has 0 saturated carbocycles. The minimum Gasteiger partial charge on any atom is -0.328 e. The Balaban J connectivity index is 2.60. The maximum Gasteiger partial charge on any atom is 0.328 e. The summed E-state index contributed by atoms with van der Waals surface area (Å²) in [6.07, 6.45) is 9.24.